The average molecular weight is 390 g/mol. The minimum Gasteiger partial charge on any atom is -0.351 e. The molecule has 0 bridgehead atoms. The van der Waals surface area contributed by atoms with Gasteiger partial charge in [-0.2, -0.15) is 0 Å². The molecule has 2 aliphatic rings. The summed E-state index contributed by atoms with van der Waals surface area (Å²) in [5, 5.41) is 6.15. The zero-order chi connectivity index (χ0) is 15.5. The Morgan fingerprint density at radius 3 is 2.43 bits per heavy atom. The first kappa shape index (κ1) is 22.9. The summed E-state index contributed by atoms with van der Waals surface area (Å²) in [5.41, 5.74) is 0. The molecule has 9 heteroatoms. The van der Waals surface area contributed by atoms with Crippen molar-refractivity contribution in [1.29, 1.82) is 0 Å². The molecular formula is C14H29Cl2N3O3S. The van der Waals surface area contributed by atoms with Crippen molar-refractivity contribution >= 4 is 40.6 Å². The number of hydrogen-bond donors (Lipinski definition) is 2. The number of carbonyl (C=O) groups is 1. The Morgan fingerprint density at radius 1 is 1.30 bits per heavy atom. The Balaban J connectivity index is 0.00000242. The summed E-state index contributed by atoms with van der Waals surface area (Å²) in [6, 6.07) is 0.0692. The first-order valence-corrected chi connectivity index (χ1v) is 9.72. The third-order valence-electron chi connectivity index (χ3n) is 4.82. The van der Waals surface area contributed by atoms with Gasteiger partial charge in [0, 0.05) is 18.8 Å². The SMILES string of the molecule is CCN1CCCC(NC(=O)C2(S(C)(=O)=O)CCNCC2)C1.Cl.Cl. The van der Waals surface area contributed by atoms with Crippen molar-refractivity contribution in [2.75, 3.05) is 39.0 Å². The summed E-state index contributed by atoms with van der Waals surface area (Å²) in [5.74, 6) is -0.297. The van der Waals surface area contributed by atoms with Gasteiger partial charge in [-0.3, -0.25) is 4.79 Å². The van der Waals surface area contributed by atoms with E-state index in [0.717, 1.165) is 32.5 Å². The van der Waals surface area contributed by atoms with Crippen LogP contribution in [0, 0.1) is 0 Å². The van der Waals surface area contributed by atoms with Crippen LogP contribution in [0.1, 0.15) is 32.6 Å². The smallest absolute Gasteiger partial charge is 0.241 e. The highest BCUT2D eigenvalue weighted by Crippen LogP contribution is 2.28. The predicted octanol–water partition coefficient (Wildman–Crippen LogP) is 0.597. The number of hydrogen-bond acceptors (Lipinski definition) is 5. The highest BCUT2D eigenvalue weighted by Gasteiger charge is 2.49. The number of amides is 1. The third-order valence-corrected chi connectivity index (χ3v) is 6.84. The second kappa shape index (κ2) is 9.42. The van der Waals surface area contributed by atoms with Gasteiger partial charge in [0.25, 0.3) is 0 Å². The van der Waals surface area contributed by atoms with E-state index >= 15 is 0 Å². The van der Waals surface area contributed by atoms with Crippen molar-refractivity contribution < 1.29 is 13.2 Å². The van der Waals surface area contributed by atoms with Crippen LogP contribution in [0.4, 0.5) is 0 Å². The first-order chi connectivity index (χ1) is 9.89. The normalized spacial score (nSPS) is 24.9. The van der Waals surface area contributed by atoms with E-state index in [2.05, 4.69) is 22.5 Å². The van der Waals surface area contributed by atoms with Gasteiger partial charge in [0.05, 0.1) is 0 Å². The number of nitrogens with zero attached hydrogens (tertiary/aromatic N) is 1. The summed E-state index contributed by atoms with van der Waals surface area (Å²) in [4.78, 5) is 15.0. The van der Waals surface area contributed by atoms with E-state index in [4.69, 9.17) is 0 Å². The lowest BCUT2D eigenvalue weighted by Crippen LogP contribution is -2.60. The van der Waals surface area contributed by atoms with Gasteiger partial charge in [-0.05, 0) is 51.9 Å². The molecule has 2 saturated heterocycles. The second-order valence-electron chi connectivity index (χ2n) is 6.22. The molecule has 0 aromatic heterocycles. The van der Waals surface area contributed by atoms with Crippen LogP contribution in [0.3, 0.4) is 0 Å². The molecule has 2 fully saturated rings. The highest BCUT2D eigenvalue weighted by molar-refractivity contribution is 7.92. The average Bonchev–Trinajstić information content (AvgIpc) is 2.47. The van der Waals surface area contributed by atoms with Crippen molar-refractivity contribution in [3.8, 4) is 0 Å². The summed E-state index contributed by atoms with van der Waals surface area (Å²) < 4.78 is 23.2. The number of halogens is 2. The Labute approximate surface area is 151 Å². The van der Waals surface area contributed by atoms with Gasteiger partial charge in [-0.1, -0.05) is 6.92 Å². The number of piperidine rings is 2. The zero-order valence-corrected chi connectivity index (χ0v) is 16.3. The minimum absolute atomic E-state index is 0. The van der Waals surface area contributed by atoms with Crippen LogP contribution < -0.4 is 10.6 Å². The summed E-state index contributed by atoms with van der Waals surface area (Å²) in [6.07, 6.45) is 3.90. The van der Waals surface area contributed by atoms with Crippen molar-refractivity contribution in [1.82, 2.24) is 15.5 Å². The summed E-state index contributed by atoms with van der Waals surface area (Å²) >= 11 is 0. The molecule has 0 aliphatic carbocycles. The fraction of sp³-hybridized carbons (Fsp3) is 0.929. The van der Waals surface area contributed by atoms with Crippen molar-refractivity contribution in [2.24, 2.45) is 0 Å². The van der Waals surface area contributed by atoms with Crippen LogP contribution >= 0.6 is 24.8 Å². The Hall–Kier alpha value is -0.0800. The van der Waals surface area contributed by atoms with Gasteiger partial charge in [0.2, 0.25) is 5.91 Å². The molecule has 2 aliphatic heterocycles. The van der Waals surface area contributed by atoms with Gasteiger partial charge in [0.15, 0.2) is 14.6 Å². The maximum Gasteiger partial charge on any atom is 0.241 e. The summed E-state index contributed by atoms with van der Waals surface area (Å²) in [6.45, 7) is 6.10. The lowest BCUT2D eigenvalue weighted by atomic mass is 9.94. The van der Waals surface area contributed by atoms with Crippen molar-refractivity contribution in [3.05, 3.63) is 0 Å². The lowest BCUT2D eigenvalue weighted by molar-refractivity contribution is -0.125. The van der Waals surface area contributed by atoms with Crippen LogP contribution in [0.15, 0.2) is 0 Å². The summed E-state index contributed by atoms with van der Waals surface area (Å²) in [7, 11) is -3.42. The van der Waals surface area contributed by atoms with E-state index in [0.29, 0.717) is 25.9 Å². The molecular weight excluding hydrogens is 361 g/mol. The standard InChI is InChI=1S/C14H27N3O3S.2ClH/c1-3-17-10-4-5-12(11-17)16-13(18)14(21(2,19)20)6-8-15-9-7-14;;/h12,15H,3-11H2,1-2H3,(H,16,18);2*1H. The molecule has 0 spiro atoms. The maximum absolute atomic E-state index is 12.7. The Bertz CT molecular complexity index is 482. The largest absolute Gasteiger partial charge is 0.351 e. The Kier molecular flexibility index (Phi) is 9.38. The number of carbonyl (C=O) groups excluding carboxylic acids is 1. The molecule has 0 saturated carbocycles. The maximum atomic E-state index is 12.7. The molecule has 138 valence electrons. The molecule has 2 N–H and O–H groups in total. The molecule has 0 aromatic rings. The van der Waals surface area contributed by atoms with Gasteiger partial charge in [0.1, 0.15) is 0 Å². The second-order valence-corrected chi connectivity index (χ2v) is 8.55. The van der Waals surface area contributed by atoms with E-state index in [1.807, 2.05) is 0 Å². The Morgan fingerprint density at radius 2 is 1.91 bits per heavy atom. The fourth-order valence-corrected chi connectivity index (χ4v) is 4.72. The van der Waals surface area contributed by atoms with E-state index < -0.39 is 14.6 Å². The number of likely N-dealkylation sites (tertiary alicyclic amines) is 1. The molecule has 1 unspecified atom stereocenters. The van der Waals surface area contributed by atoms with Crippen LogP contribution in [-0.4, -0.2) is 69.0 Å². The zero-order valence-electron chi connectivity index (χ0n) is 13.8. The molecule has 23 heavy (non-hydrogen) atoms. The molecule has 1 amide bonds. The number of nitrogens with one attached hydrogen (secondary N) is 2. The number of likely N-dealkylation sites (N-methyl/N-ethyl adjacent to an activating group) is 1. The van der Waals surface area contributed by atoms with Crippen LogP contribution in [0.25, 0.3) is 0 Å². The molecule has 0 aromatic carbocycles. The van der Waals surface area contributed by atoms with Gasteiger partial charge in [-0.15, -0.1) is 24.8 Å². The molecule has 2 rings (SSSR count). The molecule has 2 heterocycles. The third kappa shape index (κ3) is 5.19. The number of sulfone groups is 1. The molecule has 1 atom stereocenters. The first-order valence-electron chi connectivity index (χ1n) is 7.83. The molecule has 0 radical (unpaired) electrons. The van der Waals surface area contributed by atoms with Gasteiger partial charge < -0.3 is 15.5 Å². The van der Waals surface area contributed by atoms with Crippen molar-refractivity contribution in [3.63, 3.8) is 0 Å². The van der Waals surface area contributed by atoms with Crippen LogP contribution in [-0.2, 0) is 14.6 Å². The minimum atomic E-state index is -3.42. The van der Waals surface area contributed by atoms with Gasteiger partial charge >= 0.3 is 0 Å². The number of rotatable bonds is 4. The van der Waals surface area contributed by atoms with E-state index in [9.17, 15) is 13.2 Å². The highest BCUT2D eigenvalue weighted by atomic mass is 35.5. The van der Waals surface area contributed by atoms with E-state index in [1.54, 1.807) is 0 Å². The topological polar surface area (TPSA) is 78.5 Å². The van der Waals surface area contributed by atoms with E-state index in [-0.39, 0.29) is 36.8 Å². The predicted molar refractivity (Wildman–Crippen MR) is 97.5 cm³/mol. The lowest BCUT2D eigenvalue weighted by Gasteiger charge is -2.38. The fourth-order valence-electron chi connectivity index (χ4n) is 3.37. The van der Waals surface area contributed by atoms with Crippen LogP contribution in [0.2, 0.25) is 0 Å². The van der Waals surface area contributed by atoms with Gasteiger partial charge in [-0.25, -0.2) is 8.42 Å². The van der Waals surface area contributed by atoms with Crippen molar-refractivity contribution in [2.45, 2.75) is 43.4 Å². The molecule has 6 nitrogen and oxygen atoms in total. The van der Waals surface area contributed by atoms with E-state index in [1.165, 1.54) is 6.26 Å². The van der Waals surface area contributed by atoms with Crippen LogP contribution in [0.5, 0.6) is 0 Å². The quantitative estimate of drug-likeness (QED) is 0.735. The monoisotopic (exact) mass is 389 g/mol.